The number of carbonyl (C=O) groups excluding carboxylic acids is 1. The summed E-state index contributed by atoms with van der Waals surface area (Å²) in [6.07, 6.45) is 3.10. The molecule has 3 aromatic heterocycles. The van der Waals surface area contributed by atoms with Crippen molar-refractivity contribution >= 4 is 38.6 Å². The fourth-order valence-corrected chi connectivity index (χ4v) is 2.45. The van der Waals surface area contributed by atoms with Crippen LogP contribution in [-0.4, -0.2) is 25.7 Å². The van der Waals surface area contributed by atoms with Gasteiger partial charge in [0.2, 0.25) is 5.91 Å². The van der Waals surface area contributed by atoms with Crippen LogP contribution in [0.1, 0.15) is 5.69 Å². The number of hydrogen-bond donors (Lipinski definition) is 2. The van der Waals surface area contributed by atoms with Crippen LogP contribution in [0.25, 0.3) is 11.0 Å². The van der Waals surface area contributed by atoms with Gasteiger partial charge in [0.1, 0.15) is 6.54 Å². The molecule has 0 aliphatic heterocycles. The first-order valence-electron chi connectivity index (χ1n) is 6.49. The standard InChI is InChI=1S/C14H12BrN5O2/c1-8-11-4-10(5-16-14(11)19-18-8)17-12(21)7-20-6-9(15)2-3-13(20)22/h2-6H,7H2,1H3,(H,17,21)(H,16,18,19). The molecule has 0 fully saturated rings. The summed E-state index contributed by atoms with van der Waals surface area (Å²) in [4.78, 5) is 27.9. The van der Waals surface area contributed by atoms with Crippen molar-refractivity contribution in [3.8, 4) is 0 Å². The quantitative estimate of drug-likeness (QED) is 0.744. The van der Waals surface area contributed by atoms with Gasteiger partial charge in [0, 0.05) is 27.8 Å². The van der Waals surface area contributed by atoms with Crippen LogP contribution < -0.4 is 10.9 Å². The molecule has 0 atom stereocenters. The predicted octanol–water partition coefficient (Wildman–Crippen LogP) is 1.83. The minimum atomic E-state index is -0.303. The largest absolute Gasteiger partial charge is 0.323 e. The number of pyridine rings is 2. The maximum Gasteiger partial charge on any atom is 0.251 e. The molecule has 1 amide bonds. The Balaban J connectivity index is 1.79. The van der Waals surface area contributed by atoms with Crippen LogP contribution in [0, 0.1) is 6.92 Å². The van der Waals surface area contributed by atoms with Crippen molar-refractivity contribution in [1.29, 1.82) is 0 Å². The Hall–Kier alpha value is -2.48. The molecule has 0 spiro atoms. The number of aromatic amines is 1. The number of fused-ring (bicyclic) bond motifs is 1. The Morgan fingerprint density at radius 3 is 3.09 bits per heavy atom. The van der Waals surface area contributed by atoms with Crippen molar-refractivity contribution in [2.45, 2.75) is 13.5 Å². The van der Waals surface area contributed by atoms with E-state index in [0.717, 1.165) is 15.6 Å². The van der Waals surface area contributed by atoms with E-state index >= 15 is 0 Å². The first kappa shape index (κ1) is 14.5. The second-order valence-corrected chi connectivity index (χ2v) is 5.72. The van der Waals surface area contributed by atoms with Gasteiger partial charge in [-0.2, -0.15) is 5.10 Å². The molecule has 112 valence electrons. The summed E-state index contributed by atoms with van der Waals surface area (Å²) in [5, 5.41) is 10.4. The molecule has 22 heavy (non-hydrogen) atoms. The van der Waals surface area contributed by atoms with Gasteiger partial charge in [-0.05, 0) is 35.0 Å². The molecule has 0 unspecified atom stereocenters. The first-order valence-corrected chi connectivity index (χ1v) is 7.29. The SMILES string of the molecule is Cc1[nH]nc2ncc(NC(=O)Cn3cc(Br)ccc3=O)cc12. The van der Waals surface area contributed by atoms with Crippen molar-refractivity contribution in [3.05, 3.63) is 51.1 Å². The summed E-state index contributed by atoms with van der Waals surface area (Å²) in [6, 6.07) is 4.83. The molecule has 0 saturated heterocycles. The van der Waals surface area contributed by atoms with E-state index in [2.05, 4.69) is 36.4 Å². The van der Waals surface area contributed by atoms with Crippen LogP contribution in [0.15, 0.2) is 39.9 Å². The zero-order valence-corrected chi connectivity index (χ0v) is 13.2. The lowest BCUT2D eigenvalue weighted by Gasteiger charge is -2.07. The maximum atomic E-state index is 12.1. The Morgan fingerprint density at radius 1 is 1.45 bits per heavy atom. The number of amides is 1. The highest BCUT2D eigenvalue weighted by molar-refractivity contribution is 9.10. The number of aromatic nitrogens is 4. The topological polar surface area (TPSA) is 92.7 Å². The lowest BCUT2D eigenvalue weighted by atomic mass is 10.2. The molecule has 0 radical (unpaired) electrons. The number of halogens is 1. The van der Waals surface area contributed by atoms with Gasteiger partial charge in [0.25, 0.3) is 5.56 Å². The van der Waals surface area contributed by atoms with Crippen molar-refractivity contribution in [3.63, 3.8) is 0 Å². The minimum absolute atomic E-state index is 0.0688. The van der Waals surface area contributed by atoms with Gasteiger partial charge in [-0.3, -0.25) is 14.7 Å². The summed E-state index contributed by atoms with van der Waals surface area (Å²) in [7, 11) is 0. The van der Waals surface area contributed by atoms with Crippen LogP contribution in [0.5, 0.6) is 0 Å². The fourth-order valence-electron chi connectivity index (χ4n) is 2.07. The summed E-state index contributed by atoms with van der Waals surface area (Å²) in [5.41, 5.74) is 1.79. The number of hydrogen-bond acceptors (Lipinski definition) is 4. The Labute approximate surface area is 133 Å². The van der Waals surface area contributed by atoms with Gasteiger partial charge >= 0.3 is 0 Å². The molecule has 0 saturated carbocycles. The predicted molar refractivity (Wildman–Crippen MR) is 85.7 cm³/mol. The van der Waals surface area contributed by atoms with Gasteiger partial charge in [-0.15, -0.1) is 0 Å². The van der Waals surface area contributed by atoms with Crippen LogP contribution in [0.4, 0.5) is 5.69 Å². The average molecular weight is 362 g/mol. The van der Waals surface area contributed by atoms with Crippen LogP contribution in [0.2, 0.25) is 0 Å². The second kappa shape index (κ2) is 5.72. The van der Waals surface area contributed by atoms with Gasteiger partial charge in [0.05, 0.1) is 11.9 Å². The molecule has 0 bridgehead atoms. The van der Waals surface area contributed by atoms with E-state index in [4.69, 9.17) is 0 Å². The van der Waals surface area contributed by atoms with Crippen molar-refractivity contribution in [2.24, 2.45) is 0 Å². The molecule has 3 heterocycles. The molecule has 7 nitrogen and oxygen atoms in total. The number of anilines is 1. The molecule has 2 N–H and O–H groups in total. The summed E-state index contributed by atoms with van der Waals surface area (Å²) in [6.45, 7) is 1.81. The van der Waals surface area contributed by atoms with E-state index in [0.29, 0.717) is 11.3 Å². The Bertz CT molecular complexity index is 915. The highest BCUT2D eigenvalue weighted by Crippen LogP contribution is 2.17. The number of nitrogens with one attached hydrogen (secondary N) is 2. The third kappa shape index (κ3) is 2.91. The first-order chi connectivity index (χ1) is 10.5. The lowest BCUT2D eigenvalue weighted by molar-refractivity contribution is -0.116. The van der Waals surface area contributed by atoms with Crippen molar-refractivity contribution < 1.29 is 4.79 Å². The van der Waals surface area contributed by atoms with E-state index in [1.807, 2.05) is 6.92 Å². The smallest absolute Gasteiger partial charge is 0.251 e. The highest BCUT2D eigenvalue weighted by atomic mass is 79.9. The van der Waals surface area contributed by atoms with E-state index in [1.54, 1.807) is 18.3 Å². The third-order valence-corrected chi connectivity index (χ3v) is 3.61. The molecule has 3 rings (SSSR count). The Morgan fingerprint density at radius 2 is 2.27 bits per heavy atom. The number of rotatable bonds is 3. The zero-order valence-electron chi connectivity index (χ0n) is 11.6. The fraction of sp³-hybridized carbons (Fsp3) is 0.143. The van der Waals surface area contributed by atoms with Crippen molar-refractivity contribution in [1.82, 2.24) is 19.7 Å². The molecular weight excluding hydrogens is 350 g/mol. The summed E-state index contributed by atoms with van der Waals surface area (Å²) >= 11 is 3.27. The third-order valence-electron chi connectivity index (χ3n) is 3.15. The van der Waals surface area contributed by atoms with Crippen LogP contribution in [0.3, 0.4) is 0 Å². The van der Waals surface area contributed by atoms with Gasteiger partial charge in [0.15, 0.2) is 5.65 Å². The Kier molecular flexibility index (Phi) is 3.76. The highest BCUT2D eigenvalue weighted by Gasteiger charge is 2.08. The number of H-pyrrole nitrogens is 1. The van der Waals surface area contributed by atoms with E-state index in [-0.39, 0.29) is 18.0 Å². The van der Waals surface area contributed by atoms with Crippen molar-refractivity contribution in [2.75, 3.05) is 5.32 Å². The van der Waals surface area contributed by atoms with Gasteiger partial charge in [-0.25, -0.2) is 4.98 Å². The monoisotopic (exact) mass is 361 g/mol. The van der Waals surface area contributed by atoms with E-state index < -0.39 is 0 Å². The second-order valence-electron chi connectivity index (χ2n) is 4.81. The molecule has 0 aliphatic carbocycles. The summed E-state index contributed by atoms with van der Waals surface area (Å²) < 4.78 is 2.06. The summed E-state index contributed by atoms with van der Waals surface area (Å²) in [5.74, 6) is -0.303. The molecule has 8 heteroatoms. The van der Waals surface area contributed by atoms with Gasteiger partial charge in [-0.1, -0.05) is 0 Å². The molecular formula is C14H12BrN5O2. The number of aryl methyl sites for hydroxylation is 1. The lowest BCUT2D eigenvalue weighted by Crippen LogP contribution is -2.26. The average Bonchev–Trinajstić information content (AvgIpc) is 2.84. The minimum Gasteiger partial charge on any atom is -0.323 e. The van der Waals surface area contributed by atoms with Crippen LogP contribution in [-0.2, 0) is 11.3 Å². The normalized spacial score (nSPS) is 10.8. The molecule has 3 aromatic rings. The number of carbonyl (C=O) groups is 1. The van der Waals surface area contributed by atoms with Gasteiger partial charge < -0.3 is 9.88 Å². The van der Waals surface area contributed by atoms with E-state index in [9.17, 15) is 9.59 Å². The zero-order chi connectivity index (χ0) is 15.7. The molecule has 0 aliphatic rings. The number of nitrogens with zero attached hydrogens (tertiary/aromatic N) is 3. The van der Waals surface area contributed by atoms with E-state index in [1.165, 1.54) is 16.8 Å². The van der Waals surface area contributed by atoms with Crippen LogP contribution >= 0.6 is 15.9 Å². The maximum absolute atomic E-state index is 12.1. The molecule has 0 aromatic carbocycles.